The quantitative estimate of drug-likeness (QED) is 0.841. The van der Waals surface area contributed by atoms with Crippen molar-refractivity contribution in [3.63, 3.8) is 0 Å². The van der Waals surface area contributed by atoms with Crippen LogP contribution in [0.2, 0.25) is 0 Å². The van der Waals surface area contributed by atoms with E-state index in [0.717, 1.165) is 18.5 Å². The molecule has 0 bridgehead atoms. The first-order valence-corrected chi connectivity index (χ1v) is 10.7. The van der Waals surface area contributed by atoms with Crippen LogP contribution in [0.1, 0.15) is 37.9 Å². The minimum Gasteiger partial charge on any atom is -0.336 e. The van der Waals surface area contributed by atoms with Crippen LogP contribution in [0.5, 0.6) is 0 Å². The van der Waals surface area contributed by atoms with Crippen molar-refractivity contribution in [1.29, 1.82) is 0 Å². The lowest BCUT2D eigenvalue weighted by Crippen LogP contribution is -2.48. The first-order valence-electron chi connectivity index (χ1n) is 9.25. The number of benzene rings is 1. The molecule has 1 N–H and O–H groups in total. The fraction of sp³-hybridized carbons (Fsp3) is 0.526. The normalized spacial score (nSPS) is 19.2. The predicted octanol–water partition coefficient (Wildman–Crippen LogP) is 2.44. The van der Waals surface area contributed by atoms with Crippen LogP contribution < -0.4 is 5.32 Å². The Kier molecular flexibility index (Phi) is 5.79. The highest BCUT2D eigenvalue weighted by molar-refractivity contribution is 7.89. The van der Waals surface area contributed by atoms with Gasteiger partial charge in [0.25, 0.3) is 10.0 Å². The van der Waals surface area contributed by atoms with Crippen LogP contribution in [0.4, 0.5) is 0 Å². The number of nitrogens with one attached hydrogen (secondary N) is 1. The fourth-order valence-corrected chi connectivity index (χ4v) is 4.90. The average molecular weight is 377 g/mol. The molecule has 1 saturated heterocycles. The van der Waals surface area contributed by atoms with Crippen LogP contribution in [0.3, 0.4) is 0 Å². The van der Waals surface area contributed by atoms with Crippen molar-refractivity contribution >= 4 is 10.0 Å². The minimum atomic E-state index is -3.63. The maximum absolute atomic E-state index is 13.2. The third-order valence-electron chi connectivity index (χ3n) is 4.73. The Morgan fingerprint density at radius 2 is 2.00 bits per heavy atom. The van der Waals surface area contributed by atoms with Gasteiger partial charge in [0, 0.05) is 32.4 Å². The van der Waals surface area contributed by atoms with E-state index >= 15 is 0 Å². The standard InChI is InChI=1S/C19H28N4O2S/c1-4-16-5-7-17(8-6-16)18-11-20-9-10-23(18)26(24,25)19-13-22(14-21-19)12-15(2)3/h5-8,13-15,18,20H,4,9-12H2,1-3H3. The molecule has 0 aliphatic carbocycles. The molecule has 1 unspecified atom stereocenters. The Labute approximate surface area is 156 Å². The van der Waals surface area contributed by atoms with Crippen LogP contribution >= 0.6 is 0 Å². The molecule has 1 atom stereocenters. The van der Waals surface area contributed by atoms with Crippen LogP contribution in [-0.2, 0) is 23.0 Å². The van der Waals surface area contributed by atoms with Gasteiger partial charge in [0.2, 0.25) is 0 Å². The number of sulfonamides is 1. The van der Waals surface area contributed by atoms with Gasteiger partial charge in [-0.15, -0.1) is 0 Å². The summed E-state index contributed by atoms with van der Waals surface area (Å²) in [6, 6.07) is 8.01. The zero-order valence-electron chi connectivity index (χ0n) is 15.7. The highest BCUT2D eigenvalue weighted by atomic mass is 32.2. The number of aryl methyl sites for hydroxylation is 1. The number of rotatable bonds is 6. The smallest absolute Gasteiger partial charge is 0.262 e. The largest absolute Gasteiger partial charge is 0.336 e. The zero-order chi connectivity index (χ0) is 18.7. The molecule has 1 aromatic carbocycles. The highest BCUT2D eigenvalue weighted by Gasteiger charge is 2.35. The zero-order valence-corrected chi connectivity index (χ0v) is 16.5. The van der Waals surface area contributed by atoms with Crippen LogP contribution in [0, 0.1) is 5.92 Å². The summed E-state index contributed by atoms with van der Waals surface area (Å²) in [5, 5.41) is 3.45. The van der Waals surface area contributed by atoms with Gasteiger partial charge in [-0.05, 0) is 23.5 Å². The van der Waals surface area contributed by atoms with Gasteiger partial charge in [-0.1, -0.05) is 45.0 Å². The summed E-state index contributed by atoms with van der Waals surface area (Å²) in [7, 11) is -3.63. The van der Waals surface area contributed by atoms with Crippen molar-refractivity contribution < 1.29 is 8.42 Å². The van der Waals surface area contributed by atoms with Crippen molar-refractivity contribution in [2.45, 2.75) is 44.8 Å². The average Bonchev–Trinajstić information content (AvgIpc) is 3.10. The summed E-state index contributed by atoms with van der Waals surface area (Å²) in [5.41, 5.74) is 2.26. The Balaban J connectivity index is 1.89. The molecule has 1 aromatic heterocycles. The molecule has 3 rings (SSSR count). The summed E-state index contributed by atoms with van der Waals surface area (Å²) in [6.45, 7) is 8.76. The number of aromatic nitrogens is 2. The maximum atomic E-state index is 13.2. The monoisotopic (exact) mass is 376 g/mol. The molecule has 2 aromatic rings. The third kappa shape index (κ3) is 4.00. The van der Waals surface area contributed by atoms with E-state index in [1.54, 1.807) is 16.8 Å². The number of hydrogen-bond donors (Lipinski definition) is 1. The molecule has 26 heavy (non-hydrogen) atoms. The van der Waals surface area contributed by atoms with E-state index in [2.05, 4.69) is 43.2 Å². The van der Waals surface area contributed by atoms with Crippen LogP contribution in [-0.4, -0.2) is 41.9 Å². The van der Waals surface area contributed by atoms with Gasteiger partial charge in [0.1, 0.15) is 0 Å². The first-order chi connectivity index (χ1) is 12.4. The minimum absolute atomic E-state index is 0.134. The van der Waals surface area contributed by atoms with E-state index in [1.165, 1.54) is 5.56 Å². The second-order valence-electron chi connectivity index (χ2n) is 7.23. The molecule has 7 heteroatoms. The molecule has 1 aliphatic rings. The second kappa shape index (κ2) is 7.90. The summed E-state index contributed by atoms with van der Waals surface area (Å²) >= 11 is 0. The molecule has 2 heterocycles. The molecule has 6 nitrogen and oxygen atoms in total. The number of nitrogens with zero attached hydrogens (tertiary/aromatic N) is 3. The van der Waals surface area contributed by atoms with E-state index in [4.69, 9.17) is 0 Å². The Hall–Kier alpha value is -1.70. The van der Waals surface area contributed by atoms with Gasteiger partial charge in [0.05, 0.1) is 12.4 Å². The number of hydrogen-bond acceptors (Lipinski definition) is 4. The Bertz CT molecular complexity index is 827. The Morgan fingerprint density at radius 3 is 2.65 bits per heavy atom. The van der Waals surface area contributed by atoms with E-state index < -0.39 is 10.0 Å². The summed E-state index contributed by atoms with van der Waals surface area (Å²) in [6.07, 6.45) is 4.23. The molecular weight excluding hydrogens is 348 g/mol. The van der Waals surface area contributed by atoms with Crippen LogP contribution in [0.15, 0.2) is 41.8 Å². The SMILES string of the molecule is CCc1ccc(C2CNCCN2S(=O)(=O)c2cn(CC(C)C)cn2)cc1. The molecule has 0 amide bonds. The van der Waals surface area contributed by atoms with Gasteiger partial charge in [-0.3, -0.25) is 0 Å². The third-order valence-corrected chi connectivity index (χ3v) is 6.52. The van der Waals surface area contributed by atoms with E-state index in [0.29, 0.717) is 25.6 Å². The first kappa shape index (κ1) is 19.1. The second-order valence-corrected chi connectivity index (χ2v) is 9.07. The molecule has 142 valence electrons. The van der Waals surface area contributed by atoms with Gasteiger partial charge >= 0.3 is 0 Å². The molecule has 1 aliphatic heterocycles. The van der Waals surface area contributed by atoms with Crippen LogP contribution in [0.25, 0.3) is 0 Å². The lowest BCUT2D eigenvalue weighted by atomic mass is 10.0. The van der Waals surface area contributed by atoms with Crippen molar-refractivity contribution in [2.75, 3.05) is 19.6 Å². The maximum Gasteiger partial charge on any atom is 0.262 e. The number of imidazole rings is 1. The van der Waals surface area contributed by atoms with Gasteiger partial charge in [0.15, 0.2) is 5.03 Å². The highest BCUT2D eigenvalue weighted by Crippen LogP contribution is 2.28. The molecule has 0 saturated carbocycles. The lowest BCUT2D eigenvalue weighted by molar-refractivity contribution is 0.271. The summed E-state index contributed by atoms with van der Waals surface area (Å²) < 4.78 is 29.9. The van der Waals surface area contributed by atoms with Crippen molar-refractivity contribution in [1.82, 2.24) is 19.2 Å². The Morgan fingerprint density at radius 1 is 1.27 bits per heavy atom. The summed E-state index contributed by atoms with van der Waals surface area (Å²) in [4.78, 5) is 4.18. The van der Waals surface area contributed by atoms with Crippen molar-refractivity contribution in [3.8, 4) is 0 Å². The van der Waals surface area contributed by atoms with E-state index in [1.807, 2.05) is 16.7 Å². The molecule has 0 radical (unpaired) electrons. The van der Waals surface area contributed by atoms with Crippen molar-refractivity contribution in [3.05, 3.63) is 47.9 Å². The molecular formula is C19H28N4O2S. The fourth-order valence-electron chi connectivity index (χ4n) is 3.35. The van der Waals surface area contributed by atoms with Gasteiger partial charge in [-0.25, -0.2) is 13.4 Å². The van der Waals surface area contributed by atoms with E-state index in [9.17, 15) is 8.42 Å². The molecule has 1 fully saturated rings. The van der Waals surface area contributed by atoms with Gasteiger partial charge in [-0.2, -0.15) is 4.31 Å². The number of piperazine rings is 1. The molecule has 0 spiro atoms. The predicted molar refractivity (Wildman–Crippen MR) is 102 cm³/mol. The summed E-state index contributed by atoms with van der Waals surface area (Å²) in [5.74, 6) is 0.434. The topological polar surface area (TPSA) is 67.2 Å². The van der Waals surface area contributed by atoms with E-state index in [-0.39, 0.29) is 11.1 Å². The lowest BCUT2D eigenvalue weighted by Gasteiger charge is -2.35. The van der Waals surface area contributed by atoms with Crippen molar-refractivity contribution in [2.24, 2.45) is 5.92 Å². The van der Waals surface area contributed by atoms with Gasteiger partial charge < -0.3 is 9.88 Å².